The summed E-state index contributed by atoms with van der Waals surface area (Å²) in [4.78, 5) is 0. The SMILES string of the molecule is COc1cccc(OCC(N)c2ccccc2)c1. The monoisotopic (exact) mass is 243 g/mol. The molecule has 2 aromatic carbocycles. The van der Waals surface area contributed by atoms with Crippen LogP contribution in [0.15, 0.2) is 54.6 Å². The normalized spacial score (nSPS) is 11.9. The van der Waals surface area contributed by atoms with Gasteiger partial charge in [-0.1, -0.05) is 36.4 Å². The van der Waals surface area contributed by atoms with Crippen molar-refractivity contribution in [1.82, 2.24) is 0 Å². The Kier molecular flexibility index (Phi) is 4.20. The van der Waals surface area contributed by atoms with Crippen LogP contribution in [0, 0.1) is 0 Å². The molecule has 94 valence electrons. The van der Waals surface area contributed by atoms with Gasteiger partial charge < -0.3 is 15.2 Å². The van der Waals surface area contributed by atoms with E-state index in [4.69, 9.17) is 15.2 Å². The van der Waals surface area contributed by atoms with Gasteiger partial charge in [0.15, 0.2) is 0 Å². The Morgan fingerprint density at radius 1 is 1.00 bits per heavy atom. The van der Waals surface area contributed by atoms with E-state index in [9.17, 15) is 0 Å². The topological polar surface area (TPSA) is 44.5 Å². The third-order valence-electron chi connectivity index (χ3n) is 2.70. The zero-order chi connectivity index (χ0) is 12.8. The van der Waals surface area contributed by atoms with E-state index >= 15 is 0 Å². The molecule has 1 atom stereocenters. The fraction of sp³-hybridized carbons (Fsp3) is 0.200. The summed E-state index contributed by atoms with van der Waals surface area (Å²) >= 11 is 0. The fourth-order valence-electron chi connectivity index (χ4n) is 1.67. The van der Waals surface area contributed by atoms with Gasteiger partial charge in [-0.25, -0.2) is 0 Å². The Balaban J connectivity index is 1.95. The van der Waals surface area contributed by atoms with Gasteiger partial charge in [-0.3, -0.25) is 0 Å². The van der Waals surface area contributed by atoms with Crippen LogP contribution in [-0.4, -0.2) is 13.7 Å². The van der Waals surface area contributed by atoms with Crippen molar-refractivity contribution in [2.75, 3.05) is 13.7 Å². The van der Waals surface area contributed by atoms with Crippen LogP contribution >= 0.6 is 0 Å². The first kappa shape index (κ1) is 12.5. The number of rotatable bonds is 5. The molecule has 0 saturated heterocycles. The molecule has 1 unspecified atom stereocenters. The summed E-state index contributed by atoms with van der Waals surface area (Å²) in [7, 11) is 1.63. The molecular weight excluding hydrogens is 226 g/mol. The highest BCUT2D eigenvalue weighted by molar-refractivity contribution is 5.33. The van der Waals surface area contributed by atoms with Crippen molar-refractivity contribution in [1.29, 1.82) is 0 Å². The average Bonchev–Trinajstić information content (AvgIpc) is 2.46. The zero-order valence-electron chi connectivity index (χ0n) is 10.4. The lowest BCUT2D eigenvalue weighted by molar-refractivity contribution is 0.289. The van der Waals surface area contributed by atoms with Crippen LogP contribution in [0.3, 0.4) is 0 Å². The molecule has 18 heavy (non-hydrogen) atoms. The summed E-state index contributed by atoms with van der Waals surface area (Å²) in [5.74, 6) is 1.54. The molecule has 0 bridgehead atoms. The molecule has 0 spiro atoms. The van der Waals surface area contributed by atoms with E-state index in [0.29, 0.717) is 6.61 Å². The predicted octanol–water partition coefficient (Wildman–Crippen LogP) is 2.77. The van der Waals surface area contributed by atoms with Gasteiger partial charge >= 0.3 is 0 Å². The van der Waals surface area contributed by atoms with E-state index in [0.717, 1.165) is 17.1 Å². The van der Waals surface area contributed by atoms with Crippen molar-refractivity contribution in [2.24, 2.45) is 5.73 Å². The molecule has 0 radical (unpaired) electrons. The molecule has 0 amide bonds. The van der Waals surface area contributed by atoms with Crippen molar-refractivity contribution in [3.63, 3.8) is 0 Å². The molecule has 0 aliphatic rings. The molecule has 3 heteroatoms. The van der Waals surface area contributed by atoms with Crippen LogP contribution in [0.5, 0.6) is 11.5 Å². The van der Waals surface area contributed by atoms with Crippen LogP contribution in [-0.2, 0) is 0 Å². The molecule has 2 aromatic rings. The van der Waals surface area contributed by atoms with Crippen molar-refractivity contribution in [2.45, 2.75) is 6.04 Å². The maximum absolute atomic E-state index is 6.06. The van der Waals surface area contributed by atoms with Gasteiger partial charge in [0.25, 0.3) is 0 Å². The average molecular weight is 243 g/mol. The first-order valence-corrected chi connectivity index (χ1v) is 5.87. The lowest BCUT2D eigenvalue weighted by Crippen LogP contribution is -2.18. The van der Waals surface area contributed by atoms with Gasteiger partial charge in [-0.2, -0.15) is 0 Å². The summed E-state index contributed by atoms with van der Waals surface area (Å²) in [6.45, 7) is 0.442. The van der Waals surface area contributed by atoms with E-state index in [2.05, 4.69) is 0 Å². The fourth-order valence-corrected chi connectivity index (χ4v) is 1.67. The minimum absolute atomic E-state index is 0.127. The van der Waals surface area contributed by atoms with Crippen molar-refractivity contribution < 1.29 is 9.47 Å². The first-order valence-electron chi connectivity index (χ1n) is 5.87. The lowest BCUT2D eigenvalue weighted by atomic mass is 10.1. The van der Waals surface area contributed by atoms with Gasteiger partial charge in [-0.15, -0.1) is 0 Å². The van der Waals surface area contributed by atoms with E-state index in [-0.39, 0.29) is 6.04 Å². The van der Waals surface area contributed by atoms with Crippen molar-refractivity contribution >= 4 is 0 Å². The highest BCUT2D eigenvalue weighted by Crippen LogP contribution is 2.20. The summed E-state index contributed by atoms with van der Waals surface area (Å²) in [6.07, 6.45) is 0. The number of benzene rings is 2. The number of hydrogen-bond acceptors (Lipinski definition) is 3. The van der Waals surface area contributed by atoms with Crippen LogP contribution in [0.25, 0.3) is 0 Å². The summed E-state index contributed by atoms with van der Waals surface area (Å²) < 4.78 is 10.8. The van der Waals surface area contributed by atoms with E-state index < -0.39 is 0 Å². The molecule has 2 N–H and O–H groups in total. The molecular formula is C15H17NO2. The summed E-state index contributed by atoms with van der Waals surface area (Å²) in [6, 6.07) is 17.3. The Labute approximate surface area is 107 Å². The lowest BCUT2D eigenvalue weighted by Gasteiger charge is -2.13. The molecule has 0 heterocycles. The Morgan fingerprint density at radius 2 is 1.72 bits per heavy atom. The standard InChI is InChI=1S/C15H17NO2/c1-17-13-8-5-9-14(10-13)18-11-15(16)12-6-3-2-4-7-12/h2-10,15H,11,16H2,1H3. The van der Waals surface area contributed by atoms with E-state index in [1.165, 1.54) is 0 Å². The molecule has 2 rings (SSSR count). The molecule has 0 fully saturated rings. The second kappa shape index (κ2) is 6.07. The van der Waals surface area contributed by atoms with Crippen LogP contribution in [0.1, 0.15) is 11.6 Å². The van der Waals surface area contributed by atoms with Crippen molar-refractivity contribution in [3.8, 4) is 11.5 Å². The minimum atomic E-state index is -0.127. The van der Waals surface area contributed by atoms with Gasteiger partial charge in [-0.05, 0) is 17.7 Å². The third-order valence-corrected chi connectivity index (χ3v) is 2.70. The number of hydrogen-bond donors (Lipinski definition) is 1. The second-order valence-electron chi connectivity index (χ2n) is 4.01. The molecule has 0 saturated carbocycles. The van der Waals surface area contributed by atoms with Gasteiger partial charge in [0.2, 0.25) is 0 Å². The maximum atomic E-state index is 6.06. The molecule has 3 nitrogen and oxygen atoms in total. The number of ether oxygens (including phenoxy) is 2. The van der Waals surface area contributed by atoms with Gasteiger partial charge in [0.05, 0.1) is 13.2 Å². The molecule has 0 aliphatic carbocycles. The van der Waals surface area contributed by atoms with Crippen LogP contribution in [0.2, 0.25) is 0 Å². The highest BCUT2D eigenvalue weighted by Gasteiger charge is 2.06. The van der Waals surface area contributed by atoms with Gasteiger partial charge in [0.1, 0.15) is 18.1 Å². The maximum Gasteiger partial charge on any atom is 0.123 e. The van der Waals surface area contributed by atoms with E-state index in [1.54, 1.807) is 7.11 Å². The smallest absolute Gasteiger partial charge is 0.123 e. The number of methoxy groups -OCH3 is 1. The van der Waals surface area contributed by atoms with Crippen LogP contribution in [0.4, 0.5) is 0 Å². The predicted molar refractivity (Wildman–Crippen MR) is 71.9 cm³/mol. The summed E-state index contributed by atoms with van der Waals surface area (Å²) in [5.41, 5.74) is 7.13. The van der Waals surface area contributed by atoms with Crippen LogP contribution < -0.4 is 15.2 Å². The first-order chi connectivity index (χ1) is 8.79. The highest BCUT2D eigenvalue weighted by atomic mass is 16.5. The largest absolute Gasteiger partial charge is 0.497 e. The Bertz CT molecular complexity index is 485. The molecule has 0 aromatic heterocycles. The van der Waals surface area contributed by atoms with Crippen molar-refractivity contribution in [3.05, 3.63) is 60.2 Å². The second-order valence-corrected chi connectivity index (χ2v) is 4.01. The molecule has 0 aliphatic heterocycles. The number of nitrogens with two attached hydrogens (primary N) is 1. The minimum Gasteiger partial charge on any atom is -0.497 e. The summed E-state index contributed by atoms with van der Waals surface area (Å²) in [5, 5.41) is 0. The van der Waals surface area contributed by atoms with Gasteiger partial charge in [0, 0.05) is 6.07 Å². The quantitative estimate of drug-likeness (QED) is 0.878. The van der Waals surface area contributed by atoms with E-state index in [1.807, 2.05) is 54.6 Å². The zero-order valence-corrected chi connectivity index (χ0v) is 10.4. The third kappa shape index (κ3) is 3.25. The Hall–Kier alpha value is -2.00. The Morgan fingerprint density at radius 3 is 2.44 bits per heavy atom.